The molecule has 3 aromatic rings. The number of pyridine rings is 1. The Hall–Kier alpha value is -2.40. The van der Waals surface area contributed by atoms with Crippen molar-refractivity contribution in [2.75, 3.05) is 5.32 Å². The predicted octanol–water partition coefficient (Wildman–Crippen LogP) is 3.39. The molecule has 0 saturated heterocycles. The van der Waals surface area contributed by atoms with Crippen molar-refractivity contribution in [3.63, 3.8) is 0 Å². The Bertz CT molecular complexity index is 722. The normalized spacial score (nSPS) is 10.4. The van der Waals surface area contributed by atoms with Gasteiger partial charge in [-0.2, -0.15) is 0 Å². The van der Waals surface area contributed by atoms with E-state index >= 15 is 0 Å². The summed E-state index contributed by atoms with van der Waals surface area (Å²) in [5, 5.41) is 15.4. The summed E-state index contributed by atoms with van der Waals surface area (Å²) >= 11 is 1.56. The smallest absolute Gasteiger partial charge is 0.222 e. The standard InChI is InChI=1S/C15H14N3OS/c1-11-3-2-4-13(9-11)16-15-17-14(10-20-15)12-5-7-18(19)8-6-12/h2-10,19H,1H3,(H,16,17)/q+1. The molecule has 2 heterocycles. The topological polar surface area (TPSA) is 49.0 Å². The van der Waals surface area contributed by atoms with Crippen LogP contribution in [0.1, 0.15) is 5.56 Å². The maximum absolute atomic E-state index is 9.22. The number of nitrogens with one attached hydrogen (secondary N) is 1. The van der Waals surface area contributed by atoms with Crippen LogP contribution in [0.15, 0.2) is 54.2 Å². The lowest BCUT2D eigenvalue weighted by Crippen LogP contribution is -2.27. The average Bonchev–Trinajstić information content (AvgIpc) is 2.88. The van der Waals surface area contributed by atoms with E-state index in [-0.39, 0.29) is 0 Å². The molecule has 0 unspecified atom stereocenters. The Morgan fingerprint density at radius 3 is 2.75 bits per heavy atom. The molecule has 20 heavy (non-hydrogen) atoms. The van der Waals surface area contributed by atoms with Crippen LogP contribution >= 0.6 is 11.3 Å². The van der Waals surface area contributed by atoms with Crippen LogP contribution < -0.4 is 10.0 Å². The minimum atomic E-state index is 0.853. The molecule has 0 bridgehead atoms. The largest absolute Gasteiger partial charge is 0.332 e. The van der Waals surface area contributed by atoms with E-state index in [1.165, 1.54) is 5.56 Å². The fourth-order valence-electron chi connectivity index (χ4n) is 1.90. The van der Waals surface area contributed by atoms with E-state index in [0.717, 1.165) is 26.8 Å². The lowest BCUT2D eigenvalue weighted by Gasteiger charge is -2.02. The van der Waals surface area contributed by atoms with Crippen molar-refractivity contribution < 1.29 is 9.94 Å². The molecule has 5 heteroatoms. The Morgan fingerprint density at radius 1 is 1.20 bits per heavy atom. The maximum Gasteiger partial charge on any atom is 0.222 e. The highest BCUT2D eigenvalue weighted by Crippen LogP contribution is 2.26. The number of aryl methyl sites for hydroxylation is 1. The Balaban J connectivity index is 1.82. The molecule has 0 saturated carbocycles. The monoisotopic (exact) mass is 284 g/mol. The van der Waals surface area contributed by atoms with Crippen molar-refractivity contribution >= 4 is 22.2 Å². The van der Waals surface area contributed by atoms with Crippen LogP contribution in [0.4, 0.5) is 10.8 Å². The first-order valence-corrected chi connectivity index (χ1v) is 7.09. The van der Waals surface area contributed by atoms with Crippen molar-refractivity contribution in [3.05, 3.63) is 59.7 Å². The van der Waals surface area contributed by atoms with E-state index in [0.29, 0.717) is 0 Å². The maximum atomic E-state index is 9.22. The zero-order valence-corrected chi connectivity index (χ0v) is 11.8. The second kappa shape index (κ2) is 5.30. The molecule has 0 spiro atoms. The average molecular weight is 284 g/mol. The summed E-state index contributed by atoms with van der Waals surface area (Å²) in [7, 11) is 0. The van der Waals surface area contributed by atoms with Gasteiger partial charge >= 0.3 is 0 Å². The minimum Gasteiger partial charge on any atom is -0.332 e. The van der Waals surface area contributed by atoms with Crippen LogP contribution in [0.2, 0.25) is 0 Å². The van der Waals surface area contributed by atoms with Gasteiger partial charge in [0, 0.05) is 33.5 Å². The molecule has 100 valence electrons. The summed E-state index contributed by atoms with van der Waals surface area (Å²) in [6.45, 7) is 2.06. The van der Waals surface area contributed by atoms with Gasteiger partial charge in [-0.25, -0.2) is 4.98 Å². The lowest BCUT2D eigenvalue weighted by molar-refractivity contribution is -0.904. The molecule has 1 aromatic carbocycles. The molecule has 0 fully saturated rings. The summed E-state index contributed by atoms with van der Waals surface area (Å²) < 4.78 is 1.02. The van der Waals surface area contributed by atoms with Crippen molar-refractivity contribution in [1.29, 1.82) is 0 Å². The number of thiazole rings is 1. The first-order valence-electron chi connectivity index (χ1n) is 6.21. The van der Waals surface area contributed by atoms with Crippen molar-refractivity contribution in [2.24, 2.45) is 0 Å². The Kier molecular flexibility index (Phi) is 3.35. The summed E-state index contributed by atoms with van der Waals surface area (Å²) in [5.41, 5.74) is 4.11. The first kappa shape index (κ1) is 12.6. The van der Waals surface area contributed by atoms with E-state index in [1.54, 1.807) is 23.7 Å². The van der Waals surface area contributed by atoms with Crippen LogP contribution in [-0.4, -0.2) is 10.2 Å². The second-order valence-corrected chi connectivity index (χ2v) is 5.36. The van der Waals surface area contributed by atoms with Gasteiger partial charge in [-0.3, -0.25) is 5.21 Å². The third-order valence-corrected chi connectivity index (χ3v) is 3.64. The fourth-order valence-corrected chi connectivity index (χ4v) is 2.64. The summed E-state index contributed by atoms with van der Waals surface area (Å²) in [6.07, 6.45) is 3.17. The van der Waals surface area contributed by atoms with Gasteiger partial charge in [-0.15, -0.1) is 11.3 Å². The lowest BCUT2D eigenvalue weighted by atomic mass is 10.2. The zero-order chi connectivity index (χ0) is 13.9. The van der Waals surface area contributed by atoms with E-state index in [2.05, 4.69) is 29.4 Å². The van der Waals surface area contributed by atoms with Gasteiger partial charge in [-0.1, -0.05) is 12.1 Å². The number of hydrogen-bond acceptors (Lipinski definition) is 4. The number of benzene rings is 1. The third-order valence-electron chi connectivity index (χ3n) is 2.88. The summed E-state index contributed by atoms with van der Waals surface area (Å²) in [4.78, 5) is 4.55. The minimum absolute atomic E-state index is 0.853. The molecule has 4 nitrogen and oxygen atoms in total. The molecule has 3 rings (SSSR count). The highest BCUT2D eigenvalue weighted by molar-refractivity contribution is 7.14. The molecule has 0 amide bonds. The van der Waals surface area contributed by atoms with Gasteiger partial charge in [-0.05, 0) is 24.6 Å². The van der Waals surface area contributed by atoms with Crippen molar-refractivity contribution in [2.45, 2.75) is 6.92 Å². The van der Waals surface area contributed by atoms with Crippen LogP contribution in [0, 0.1) is 6.92 Å². The van der Waals surface area contributed by atoms with E-state index in [4.69, 9.17) is 0 Å². The second-order valence-electron chi connectivity index (χ2n) is 4.50. The van der Waals surface area contributed by atoms with Crippen LogP contribution in [0.5, 0.6) is 0 Å². The molecule has 0 radical (unpaired) electrons. The summed E-state index contributed by atoms with van der Waals surface area (Å²) in [6, 6.07) is 11.8. The molecular weight excluding hydrogens is 270 g/mol. The van der Waals surface area contributed by atoms with Crippen molar-refractivity contribution in [1.82, 2.24) is 4.98 Å². The summed E-state index contributed by atoms with van der Waals surface area (Å²) in [5.74, 6) is 0. The number of anilines is 2. The SMILES string of the molecule is Cc1cccc(Nc2nc(-c3cc[n+](O)cc3)cs2)c1. The molecule has 0 atom stereocenters. The number of aromatic nitrogens is 2. The first-order chi connectivity index (χ1) is 9.70. The highest BCUT2D eigenvalue weighted by atomic mass is 32.1. The van der Waals surface area contributed by atoms with E-state index in [9.17, 15) is 5.21 Å². The van der Waals surface area contributed by atoms with Crippen LogP contribution in [0.3, 0.4) is 0 Å². The Labute approximate surface area is 120 Å². The Morgan fingerprint density at radius 2 is 2.00 bits per heavy atom. The van der Waals surface area contributed by atoms with Crippen LogP contribution in [0.25, 0.3) is 11.3 Å². The van der Waals surface area contributed by atoms with E-state index < -0.39 is 0 Å². The predicted molar refractivity (Wildman–Crippen MR) is 79.4 cm³/mol. The quantitative estimate of drug-likeness (QED) is 0.572. The number of hydrogen-bond donors (Lipinski definition) is 2. The van der Waals surface area contributed by atoms with Crippen LogP contribution in [-0.2, 0) is 0 Å². The van der Waals surface area contributed by atoms with Gasteiger partial charge in [0.25, 0.3) is 0 Å². The van der Waals surface area contributed by atoms with E-state index in [1.807, 2.05) is 29.6 Å². The van der Waals surface area contributed by atoms with Crippen molar-refractivity contribution in [3.8, 4) is 11.3 Å². The molecule has 2 N–H and O–H groups in total. The van der Waals surface area contributed by atoms with Gasteiger partial charge < -0.3 is 5.32 Å². The van der Waals surface area contributed by atoms with Gasteiger partial charge in [0.2, 0.25) is 12.4 Å². The van der Waals surface area contributed by atoms with Gasteiger partial charge in [0.15, 0.2) is 5.13 Å². The fraction of sp³-hybridized carbons (Fsp3) is 0.0667. The number of rotatable bonds is 3. The molecule has 2 aromatic heterocycles. The molecule has 0 aliphatic heterocycles. The number of nitrogens with zero attached hydrogens (tertiary/aromatic N) is 2. The van der Waals surface area contributed by atoms with Gasteiger partial charge in [0.05, 0.1) is 5.69 Å². The highest BCUT2D eigenvalue weighted by Gasteiger charge is 2.07. The van der Waals surface area contributed by atoms with Gasteiger partial charge in [0.1, 0.15) is 0 Å². The zero-order valence-electron chi connectivity index (χ0n) is 10.9. The molecule has 0 aliphatic carbocycles. The molecular formula is C15H14N3OS+. The molecule has 0 aliphatic rings. The third kappa shape index (κ3) is 2.78.